The first-order valence-corrected chi connectivity index (χ1v) is 7.98. The van der Waals surface area contributed by atoms with E-state index in [0.29, 0.717) is 22.9 Å². The highest BCUT2D eigenvalue weighted by Crippen LogP contribution is 2.27. The largest absolute Gasteiger partial charge is 0.271 e. The molecule has 20 heavy (non-hydrogen) atoms. The third-order valence-electron chi connectivity index (χ3n) is 4.39. The second-order valence-electron chi connectivity index (χ2n) is 5.82. The molecule has 0 bridgehead atoms. The average molecular weight is 299 g/mol. The molecule has 1 atom stereocenters. The summed E-state index contributed by atoms with van der Waals surface area (Å²) in [5, 5.41) is 0.439. The van der Waals surface area contributed by atoms with Crippen LogP contribution in [0.15, 0.2) is 18.2 Å². The highest BCUT2D eigenvalue weighted by atomic mass is 35.5. The van der Waals surface area contributed by atoms with E-state index < -0.39 is 0 Å². The van der Waals surface area contributed by atoms with Crippen molar-refractivity contribution < 1.29 is 4.39 Å². The second-order valence-corrected chi connectivity index (χ2v) is 6.25. The summed E-state index contributed by atoms with van der Waals surface area (Å²) < 4.78 is 13.9. The molecule has 1 unspecified atom stereocenters. The van der Waals surface area contributed by atoms with Crippen LogP contribution in [0.2, 0.25) is 5.02 Å². The number of nitrogens with one attached hydrogen (secondary N) is 1. The third kappa shape index (κ3) is 4.44. The minimum atomic E-state index is -0.233. The van der Waals surface area contributed by atoms with Gasteiger partial charge in [-0.05, 0) is 42.9 Å². The van der Waals surface area contributed by atoms with Crippen LogP contribution >= 0.6 is 11.6 Å². The van der Waals surface area contributed by atoms with Gasteiger partial charge in [-0.25, -0.2) is 4.39 Å². The summed E-state index contributed by atoms with van der Waals surface area (Å²) in [6.45, 7) is 0. The smallest absolute Gasteiger partial charge is 0.127 e. The molecule has 112 valence electrons. The van der Waals surface area contributed by atoms with Crippen molar-refractivity contribution in [3.63, 3.8) is 0 Å². The van der Waals surface area contributed by atoms with Crippen molar-refractivity contribution in [2.45, 2.75) is 57.4 Å². The molecule has 0 spiro atoms. The summed E-state index contributed by atoms with van der Waals surface area (Å²) >= 11 is 5.80. The van der Waals surface area contributed by atoms with Crippen LogP contribution in [0.3, 0.4) is 0 Å². The summed E-state index contributed by atoms with van der Waals surface area (Å²) in [5.74, 6) is 6.03. The standard InChI is InChI=1S/C16H24ClFN2/c17-14-9-8-13(15(18)11-14)10-16(20-19)12-6-4-2-1-3-5-7-12/h8-9,11-12,16,20H,1-7,10,19H2. The van der Waals surface area contributed by atoms with E-state index in [0.717, 1.165) is 0 Å². The van der Waals surface area contributed by atoms with Crippen LogP contribution in [-0.2, 0) is 6.42 Å². The lowest BCUT2D eigenvalue weighted by Gasteiger charge is -2.28. The molecule has 0 aromatic heterocycles. The number of hydrogen-bond donors (Lipinski definition) is 2. The maximum Gasteiger partial charge on any atom is 0.127 e. The van der Waals surface area contributed by atoms with Gasteiger partial charge in [0.25, 0.3) is 0 Å². The Morgan fingerprint density at radius 2 is 1.85 bits per heavy atom. The Hall–Kier alpha value is -0.640. The van der Waals surface area contributed by atoms with Gasteiger partial charge in [0.1, 0.15) is 5.82 Å². The molecule has 0 saturated heterocycles. The van der Waals surface area contributed by atoms with Crippen LogP contribution in [0.4, 0.5) is 4.39 Å². The topological polar surface area (TPSA) is 38.0 Å². The molecule has 0 aliphatic heterocycles. The number of hydrazine groups is 1. The number of halogens is 2. The Balaban J connectivity index is 2.03. The first kappa shape index (κ1) is 15.7. The van der Waals surface area contributed by atoms with E-state index in [4.69, 9.17) is 17.4 Å². The summed E-state index contributed by atoms with van der Waals surface area (Å²) in [5.41, 5.74) is 3.60. The first-order chi connectivity index (χ1) is 9.70. The highest BCUT2D eigenvalue weighted by Gasteiger charge is 2.22. The van der Waals surface area contributed by atoms with E-state index >= 15 is 0 Å². The van der Waals surface area contributed by atoms with Crippen molar-refractivity contribution in [2.24, 2.45) is 11.8 Å². The summed E-state index contributed by atoms with van der Waals surface area (Å²) in [6.07, 6.45) is 9.47. The van der Waals surface area contributed by atoms with Gasteiger partial charge in [0.15, 0.2) is 0 Å². The monoisotopic (exact) mass is 298 g/mol. The second kappa shape index (κ2) is 7.96. The molecule has 1 aliphatic rings. The molecule has 0 heterocycles. The van der Waals surface area contributed by atoms with Crippen molar-refractivity contribution in [3.05, 3.63) is 34.6 Å². The Labute approximate surface area is 125 Å². The fraction of sp³-hybridized carbons (Fsp3) is 0.625. The highest BCUT2D eigenvalue weighted by molar-refractivity contribution is 6.30. The molecule has 3 N–H and O–H groups in total. The zero-order chi connectivity index (χ0) is 14.4. The van der Waals surface area contributed by atoms with Gasteiger partial charge in [-0.2, -0.15) is 0 Å². The van der Waals surface area contributed by atoms with Crippen molar-refractivity contribution in [1.82, 2.24) is 5.43 Å². The molecule has 2 rings (SSSR count). The van der Waals surface area contributed by atoms with Crippen LogP contribution in [-0.4, -0.2) is 6.04 Å². The molecule has 1 fully saturated rings. The van der Waals surface area contributed by atoms with E-state index in [1.807, 2.05) is 0 Å². The minimum absolute atomic E-state index is 0.142. The Bertz CT molecular complexity index is 417. The summed E-state index contributed by atoms with van der Waals surface area (Å²) in [4.78, 5) is 0. The van der Waals surface area contributed by atoms with Gasteiger partial charge >= 0.3 is 0 Å². The average Bonchev–Trinajstić information content (AvgIpc) is 2.39. The van der Waals surface area contributed by atoms with Crippen LogP contribution in [0.1, 0.15) is 50.5 Å². The van der Waals surface area contributed by atoms with E-state index in [1.165, 1.54) is 51.0 Å². The van der Waals surface area contributed by atoms with Crippen molar-refractivity contribution in [3.8, 4) is 0 Å². The molecule has 2 nitrogen and oxygen atoms in total. The number of benzene rings is 1. The van der Waals surface area contributed by atoms with Gasteiger partial charge in [-0.3, -0.25) is 11.3 Å². The minimum Gasteiger partial charge on any atom is -0.271 e. The third-order valence-corrected chi connectivity index (χ3v) is 4.62. The molecule has 1 saturated carbocycles. The number of hydrogen-bond acceptors (Lipinski definition) is 2. The quantitative estimate of drug-likeness (QED) is 0.645. The van der Waals surface area contributed by atoms with Crippen molar-refractivity contribution in [2.75, 3.05) is 0 Å². The lowest BCUT2D eigenvalue weighted by molar-refractivity contribution is 0.283. The van der Waals surface area contributed by atoms with Gasteiger partial charge < -0.3 is 0 Å². The lowest BCUT2D eigenvalue weighted by Crippen LogP contribution is -2.42. The number of nitrogens with two attached hydrogens (primary N) is 1. The fourth-order valence-corrected chi connectivity index (χ4v) is 3.33. The Morgan fingerprint density at radius 3 is 2.45 bits per heavy atom. The molecule has 0 amide bonds. The SMILES string of the molecule is NNC(Cc1ccc(Cl)cc1F)C1CCCCCCC1. The molecule has 1 aliphatic carbocycles. The van der Waals surface area contributed by atoms with Gasteiger partial charge in [0, 0.05) is 11.1 Å². The molecule has 1 aromatic rings. The summed E-state index contributed by atoms with van der Waals surface area (Å²) in [7, 11) is 0. The van der Waals surface area contributed by atoms with Crippen molar-refractivity contribution in [1.29, 1.82) is 0 Å². The Kier molecular flexibility index (Phi) is 6.27. The fourth-order valence-electron chi connectivity index (χ4n) is 3.18. The lowest BCUT2D eigenvalue weighted by atomic mass is 9.83. The molecular weight excluding hydrogens is 275 g/mol. The Morgan fingerprint density at radius 1 is 1.20 bits per heavy atom. The van der Waals surface area contributed by atoms with Crippen molar-refractivity contribution >= 4 is 11.6 Å². The molecule has 4 heteroatoms. The molecular formula is C16H24ClFN2. The molecule has 1 aromatic carbocycles. The predicted octanol–water partition coefficient (Wildman–Crippen LogP) is 4.21. The zero-order valence-electron chi connectivity index (χ0n) is 11.9. The zero-order valence-corrected chi connectivity index (χ0v) is 12.6. The predicted molar refractivity (Wildman–Crippen MR) is 82.0 cm³/mol. The normalized spacial score (nSPS) is 19.4. The first-order valence-electron chi connectivity index (χ1n) is 7.60. The van der Waals surface area contributed by atoms with E-state index in [9.17, 15) is 4.39 Å². The van der Waals surface area contributed by atoms with Crippen LogP contribution in [0, 0.1) is 11.7 Å². The van der Waals surface area contributed by atoms with Crippen LogP contribution in [0.25, 0.3) is 0 Å². The van der Waals surface area contributed by atoms with Crippen LogP contribution in [0.5, 0.6) is 0 Å². The van der Waals surface area contributed by atoms with Gasteiger partial charge in [-0.1, -0.05) is 49.8 Å². The number of rotatable bonds is 4. The summed E-state index contributed by atoms with van der Waals surface area (Å²) in [6, 6.07) is 5.03. The van der Waals surface area contributed by atoms with E-state index in [2.05, 4.69) is 5.43 Å². The van der Waals surface area contributed by atoms with Gasteiger partial charge in [0.2, 0.25) is 0 Å². The van der Waals surface area contributed by atoms with Crippen LogP contribution < -0.4 is 11.3 Å². The van der Waals surface area contributed by atoms with Gasteiger partial charge in [0.05, 0.1) is 0 Å². The van der Waals surface area contributed by atoms with Gasteiger partial charge in [-0.15, -0.1) is 0 Å². The van der Waals surface area contributed by atoms with E-state index in [1.54, 1.807) is 12.1 Å². The maximum atomic E-state index is 13.9. The van der Waals surface area contributed by atoms with E-state index in [-0.39, 0.29) is 11.9 Å². The molecule has 0 radical (unpaired) electrons. The maximum absolute atomic E-state index is 13.9.